The molecule has 200 valence electrons. The van der Waals surface area contributed by atoms with E-state index in [9.17, 15) is 9.59 Å². The van der Waals surface area contributed by atoms with Crippen LogP contribution in [0.5, 0.6) is 0 Å². The molecule has 4 aromatic carbocycles. The van der Waals surface area contributed by atoms with Gasteiger partial charge in [-0.1, -0.05) is 77.8 Å². The summed E-state index contributed by atoms with van der Waals surface area (Å²) >= 11 is 8.92. The zero-order chi connectivity index (χ0) is 28.1. The maximum atomic E-state index is 13.6. The van der Waals surface area contributed by atoms with Crippen LogP contribution < -0.4 is 10.6 Å². The number of thiazole rings is 1. The summed E-state index contributed by atoms with van der Waals surface area (Å²) in [6.07, 6.45) is 0. The first-order valence-corrected chi connectivity index (χ1v) is 14.7. The molecule has 0 fully saturated rings. The molecule has 0 aliphatic rings. The Balaban J connectivity index is 1.31. The van der Waals surface area contributed by atoms with E-state index in [1.165, 1.54) is 28.7 Å². The molecule has 0 radical (unpaired) electrons. The Morgan fingerprint density at radius 1 is 0.850 bits per heavy atom. The van der Waals surface area contributed by atoms with Crippen LogP contribution in [-0.4, -0.2) is 16.8 Å². The molecule has 0 aliphatic heterocycles. The van der Waals surface area contributed by atoms with Crippen LogP contribution in [0.25, 0.3) is 11.3 Å². The molecule has 2 N–H and O–H groups in total. The van der Waals surface area contributed by atoms with E-state index in [1.807, 2.05) is 73.7 Å². The zero-order valence-electron chi connectivity index (χ0n) is 21.9. The van der Waals surface area contributed by atoms with Crippen molar-refractivity contribution >= 4 is 57.3 Å². The minimum absolute atomic E-state index is 0.154. The van der Waals surface area contributed by atoms with Gasteiger partial charge in [-0.3, -0.25) is 9.59 Å². The maximum absolute atomic E-state index is 13.6. The van der Waals surface area contributed by atoms with Crippen molar-refractivity contribution in [3.63, 3.8) is 0 Å². The molecule has 1 heterocycles. The Hall–Kier alpha value is -3.91. The number of carbonyl (C=O) groups excluding carboxylic acids is 2. The Kier molecular flexibility index (Phi) is 8.65. The number of nitrogens with one attached hydrogen (secondary N) is 2. The van der Waals surface area contributed by atoms with Gasteiger partial charge in [-0.15, -0.1) is 23.1 Å². The predicted octanol–water partition coefficient (Wildman–Crippen LogP) is 8.80. The number of amides is 2. The standard InChI is InChI=1S/C32H26ClN3O2S2/c1-20-11-13-22(14-12-20)28-21(2)39-32(35-28)36-31(38)29(23-7-4-3-5-8-23)40-27-17-15-26(16-18-27)34-30(37)24-9-6-10-25(33)19-24/h3-19,29H,1-2H3,(H,34,37)(H,35,36,38). The van der Waals surface area contributed by atoms with Gasteiger partial charge in [0.25, 0.3) is 5.91 Å². The smallest absolute Gasteiger partial charge is 0.255 e. The minimum atomic E-state index is -0.500. The summed E-state index contributed by atoms with van der Waals surface area (Å²) in [4.78, 5) is 32.8. The fourth-order valence-corrected chi connectivity index (χ4v) is 6.14. The third kappa shape index (κ3) is 6.80. The van der Waals surface area contributed by atoms with E-state index in [2.05, 4.69) is 29.7 Å². The molecule has 5 aromatic rings. The number of carbonyl (C=O) groups is 2. The van der Waals surface area contributed by atoms with Gasteiger partial charge in [0.2, 0.25) is 5.91 Å². The fraction of sp³-hybridized carbons (Fsp3) is 0.0938. The lowest BCUT2D eigenvalue weighted by atomic mass is 10.1. The Morgan fingerprint density at radius 3 is 2.27 bits per heavy atom. The average Bonchev–Trinajstić information content (AvgIpc) is 3.32. The number of nitrogens with zero attached hydrogens (tertiary/aromatic N) is 1. The number of benzene rings is 4. The molecular weight excluding hydrogens is 558 g/mol. The van der Waals surface area contributed by atoms with Crippen molar-refractivity contribution in [1.82, 2.24) is 4.98 Å². The highest BCUT2D eigenvalue weighted by atomic mass is 35.5. The van der Waals surface area contributed by atoms with Crippen molar-refractivity contribution in [2.24, 2.45) is 0 Å². The average molecular weight is 584 g/mol. The molecule has 0 spiro atoms. The van der Waals surface area contributed by atoms with Gasteiger partial charge in [-0.2, -0.15) is 0 Å². The van der Waals surface area contributed by atoms with Gasteiger partial charge in [0.05, 0.1) is 5.69 Å². The number of thioether (sulfide) groups is 1. The Labute approximate surface area is 246 Å². The fourth-order valence-electron chi connectivity index (χ4n) is 4.09. The molecule has 5 nitrogen and oxygen atoms in total. The Bertz CT molecular complexity index is 1640. The van der Waals surface area contributed by atoms with Crippen LogP contribution in [0.2, 0.25) is 5.02 Å². The van der Waals surface area contributed by atoms with E-state index < -0.39 is 5.25 Å². The number of rotatable bonds is 8. The minimum Gasteiger partial charge on any atom is -0.322 e. The molecule has 1 unspecified atom stereocenters. The second kappa shape index (κ2) is 12.5. The van der Waals surface area contributed by atoms with Crippen LogP contribution in [0.3, 0.4) is 0 Å². The third-order valence-electron chi connectivity index (χ3n) is 6.15. The molecule has 8 heteroatoms. The first-order chi connectivity index (χ1) is 19.4. The summed E-state index contributed by atoms with van der Waals surface area (Å²) < 4.78 is 0. The van der Waals surface area contributed by atoms with Gasteiger partial charge in [0.1, 0.15) is 5.25 Å². The summed E-state index contributed by atoms with van der Waals surface area (Å²) in [5.74, 6) is -0.396. The van der Waals surface area contributed by atoms with Crippen LogP contribution >= 0.6 is 34.7 Å². The van der Waals surface area contributed by atoms with E-state index in [1.54, 1.807) is 24.3 Å². The van der Waals surface area contributed by atoms with Crippen molar-refractivity contribution in [3.8, 4) is 11.3 Å². The summed E-state index contributed by atoms with van der Waals surface area (Å²) in [7, 11) is 0. The van der Waals surface area contributed by atoms with E-state index >= 15 is 0 Å². The highest BCUT2D eigenvalue weighted by molar-refractivity contribution is 8.00. The van der Waals surface area contributed by atoms with Crippen LogP contribution in [0.15, 0.2) is 108 Å². The van der Waals surface area contributed by atoms with Gasteiger partial charge in [-0.25, -0.2) is 4.98 Å². The SMILES string of the molecule is Cc1ccc(-c2nc(NC(=O)C(Sc3ccc(NC(=O)c4cccc(Cl)c4)cc3)c3ccccc3)sc2C)cc1. The second-order valence-electron chi connectivity index (χ2n) is 9.18. The number of hydrogen-bond acceptors (Lipinski definition) is 5. The molecular formula is C32H26ClN3O2S2. The van der Waals surface area contributed by atoms with E-state index in [0.29, 0.717) is 21.4 Å². The van der Waals surface area contributed by atoms with Gasteiger partial charge in [0.15, 0.2) is 5.13 Å². The van der Waals surface area contributed by atoms with Crippen LogP contribution in [0, 0.1) is 13.8 Å². The van der Waals surface area contributed by atoms with Gasteiger partial charge in [0, 0.05) is 31.6 Å². The van der Waals surface area contributed by atoms with E-state index in [4.69, 9.17) is 16.6 Å². The third-order valence-corrected chi connectivity index (χ3v) is 8.53. The molecule has 0 bridgehead atoms. The molecule has 2 amide bonds. The lowest BCUT2D eigenvalue weighted by molar-refractivity contribution is -0.115. The highest BCUT2D eigenvalue weighted by Gasteiger charge is 2.24. The van der Waals surface area contributed by atoms with Crippen molar-refractivity contribution in [2.75, 3.05) is 10.6 Å². The summed E-state index contributed by atoms with van der Waals surface area (Å²) in [6, 6.07) is 32.1. The van der Waals surface area contributed by atoms with Crippen molar-refractivity contribution in [3.05, 3.63) is 130 Å². The van der Waals surface area contributed by atoms with Gasteiger partial charge in [-0.05, 0) is 61.9 Å². The molecule has 5 rings (SSSR count). The first-order valence-electron chi connectivity index (χ1n) is 12.6. The van der Waals surface area contributed by atoms with Crippen molar-refractivity contribution in [1.29, 1.82) is 0 Å². The topological polar surface area (TPSA) is 71.1 Å². The van der Waals surface area contributed by atoms with Crippen LogP contribution in [0.1, 0.15) is 31.6 Å². The highest BCUT2D eigenvalue weighted by Crippen LogP contribution is 2.38. The Morgan fingerprint density at radius 2 is 1.57 bits per heavy atom. The largest absolute Gasteiger partial charge is 0.322 e. The van der Waals surface area contributed by atoms with E-state index in [-0.39, 0.29) is 11.8 Å². The van der Waals surface area contributed by atoms with Crippen LogP contribution in [0.4, 0.5) is 10.8 Å². The number of anilines is 2. The van der Waals surface area contributed by atoms with Crippen LogP contribution in [-0.2, 0) is 4.79 Å². The zero-order valence-corrected chi connectivity index (χ0v) is 24.2. The monoisotopic (exact) mass is 583 g/mol. The number of halogens is 1. The normalized spacial score (nSPS) is 11.6. The second-order valence-corrected chi connectivity index (χ2v) is 12.0. The number of aryl methyl sites for hydroxylation is 2. The van der Waals surface area contributed by atoms with Crippen molar-refractivity contribution < 1.29 is 9.59 Å². The number of hydrogen-bond donors (Lipinski definition) is 2. The maximum Gasteiger partial charge on any atom is 0.255 e. The van der Waals surface area contributed by atoms with Crippen molar-refractivity contribution in [2.45, 2.75) is 24.0 Å². The lowest BCUT2D eigenvalue weighted by Gasteiger charge is -2.16. The molecule has 1 atom stereocenters. The lowest BCUT2D eigenvalue weighted by Crippen LogP contribution is -2.19. The van der Waals surface area contributed by atoms with Gasteiger partial charge < -0.3 is 10.6 Å². The number of aromatic nitrogens is 1. The molecule has 1 aromatic heterocycles. The molecule has 40 heavy (non-hydrogen) atoms. The summed E-state index contributed by atoms with van der Waals surface area (Å²) in [5, 5.41) is 6.50. The molecule has 0 aliphatic carbocycles. The van der Waals surface area contributed by atoms with E-state index in [0.717, 1.165) is 26.6 Å². The molecule has 0 saturated heterocycles. The quantitative estimate of drug-likeness (QED) is 0.179. The first kappa shape index (κ1) is 27.6. The summed E-state index contributed by atoms with van der Waals surface area (Å²) in [5.41, 5.74) is 5.10. The summed E-state index contributed by atoms with van der Waals surface area (Å²) in [6.45, 7) is 4.06. The molecule has 0 saturated carbocycles. The predicted molar refractivity (Wildman–Crippen MR) is 167 cm³/mol. The van der Waals surface area contributed by atoms with Gasteiger partial charge >= 0.3 is 0 Å².